The maximum atomic E-state index is 3.21. The summed E-state index contributed by atoms with van der Waals surface area (Å²) in [4.78, 5) is 0. The Morgan fingerprint density at radius 3 is 2.25 bits per heavy atom. The molecule has 1 heteroatoms. The third-order valence-corrected chi connectivity index (χ3v) is 6.01. The molecule has 0 heterocycles. The number of allylic oxidation sites excluding steroid dienone is 2. The van der Waals surface area contributed by atoms with Crippen molar-refractivity contribution in [1.82, 2.24) is 0 Å². The van der Waals surface area contributed by atoms with Crippen LogP contribution >= 0.6 is 9.24 Å². The lowest BCUT2D eigenvalue weighted by Gasteiger charge is -2.31. The van der Waals surface area contributed by atoms with Gasteiger partial charge in [-0.05, 0) is 54.5 Å². The summed E-state index contributed by atoms with van der Waals surface area (Å²) in [5, 5.41) is 0.603. The molecule has 0 saturated heterocycles. The molecule has 4 unspecified atom stereocenters. The van der Waals surface area contributed by atoms with Crippen LogP contribution in [0.5, 0.6) is 0 Å². The second kappa shape index (κ2) is 4.81. The molecule has 0 aromatic heterocycles. The van der Waals surface area contributed by atoms with E-state index in [9.17, 15) is 0 Å². The third-order valence-electron chi connectivity index (χ3n) is 4.78. The van der Waals surface area contributed by atoms with Gasteiger partial charge in [-0.3, -0.25) is 0 Å². The molecule has 0 bridgehead atoms. The molecule has 0 aromatic rings. The second-order valence-corrected chi connectivity index (χ2v) is 7.57. The molecule has 2 rings (SSSR count). The van der Waals surface area contributed by atoms with Gasteiger partial charge in [-0.1, -0.05) is 39.3 Å². The van der Waals surface area contributed by atoms with E-state index in [2.05, 4.69) is 42.2 Å². The van der Waals surface area contributed by atoms with E-state index in [1.807, 2.05) is 0 Å². The van der Waals surface area contributed by atoms with Crippen LogP contribution < -0.4 is 0 Å². The first-order valence-electron chi connectivity index (χ1n) is 6.98. The van der Waals surface area contributed by atoms with E-state index in [1.54, 1.807) is 0 Å². The Morgan fingerprint density at radius 2 is 1.81 bits per heavy atom. The topological polar surface area (TPSA) is 0 Å². The average molecular weight is 238 g/mol. The van der Waals surface area contributed by atoms with Gasteiger partial charge in [0.25, 0.3) is 0 Å². The van der Waals surface area contributed by atoms with Gasteiger partial charge in [0, 0.05) is 0 Å². The summed E-state index contributed by atoms with van der Waals surface area (Å²) in [5.74, 6) is 3.70. The molecule has 0 amide bonds. The fourth-order valence-electron chi connectivity index (χ4n) is 3.41. The van der Waals surface area contributed by atoms with Crippen LogP contribution in [-0.2, 0) is 0 Å². The number of rotatable bonds is 5. The zero-order chi connectivity index (χ0) is 11.8. The van der Waals surface area contributed by atoms with Crippen molar-refractivity contribution in [1.29, 1.82) is 0 Å². The molecule has 0 aromatic carbocycles. The summed E-state index contributed by atoms with van der Waals surface area (Å²) in [6.07, 6.45) is 11.8. The van der Waals surface area contributed by atoms with Crippen LogP contribution in [0.1, 0.15) is 52.9 Å². The van der Waals surface area contributed by atoms with E-state index in [1.165, 1.54) is 32.1 Å². The van der Waals surface area contributed by atoms with Gasteiger partial charge in [-0.15, -0.1) is 9.24 Å². The molecule has 1 saturated carbocycles. The monoisotopic (exact) mass is 238 g/mol. The molecular formula is C15H27P. The molecule has 0 radical (unpaired) electrons. The molecule has 2 aliphatic carbocycles. The first-order chi connectivity index (χ1) is 7.54. The average Bonchev–Trinajstić information content (AvgIpc) is 2.69. The quantitative estimate of drug-likeness (QED) is 0.483. The standard InChI is InChI=1S/C15H27P/c1-11(2)8-9-14(13-6-4-5-7-13)15(16)10-12(15)3/h4-5,11-14H,6-10,16H2,1-3H3. The summed E-state index contributed by atoms with van der Waals surface area (Å²) in [6.45, 7) is 7.14. The van der Waals surface area contributed by atoms with E-state index < -0.39 is 0 Å². The van der Waals surface area contributed by atoms with Crippen molar-refractivity contribution >= 4 is 9.24 Å². The molecule has 16 heavy (non-hydrogen) atoms. The van der Waals surface area contributed by atoms with Crippen LogP contribution in [0, 0.1) is 23.7 Å². The number of hydrogen-bond acceptors (Lipinski definition) is 0. The van der Waals surface area contributed by atoms with Gasteiger partial charge in [0.05, 0.1) is 0 Å². The molecular weight excluding hydrogens is 211 g/mol. The van der Waals surface area contributed by atoms with E-state index in [4.69, 9.17) is 0 Å². The van der Waals surface area contributed by atoms with Crippen LogP contribution in [0.15, 0.2) is 12.2 Å². The molecule has 1 fully saturated rings. The summed E-state index contributed by atoms with van der Waals surface area (Å²) < 4.78 is 0. The lowest BCUT2D eigenvalue weighted by molar-refractivity contribution is 0.280. The summed E-state index contributed by atoms with van der Waals surface area (Å²) in [6, 6.07) is 0. The van der Waals surface area contributed by atoms with Gasteiger partial charge in [0.15, 0.2) is 0 Å². The Hall–Kier alpha value is 0.170. The van der Waals surface area contributed by atoms with Crippen molar-refractivity contribution < 1.29 is 0 Å². The molecule has 0 aliphatic heterocycles. The fraction of sp³-hybridized carbons (Fsp3) is 0.867. The second-order valence-electron chi connectivity index (χ2n) is 6.50. The van der Waals surface area contributed by atoms with Crippen molar-refractivity contribution in [3.05, 3.63) is 12.2 Å². The minimum absolute atomic E-state index is 0.603. The zero-order valence-corrected chi connectivity index (χ0v) is 12.2. The smallest absolute Gasteiger partial charge is 0.00904 e. The van der Waals surface area contributed by atoms with Crippen LogP contribution in [0.3, 0.4) is 0 Å². The van der Waals surface area contributed by atoms with Gasteiger partial charge < -0.3 is 0 Å². The Bertz CT molecular complexity index is 261. The predicted octanol–water partition coefficient (Wildman–Crippen LogP) is 4.66. The van der Waals surface area contributed by atoms with Gasteiger partial charge >= 0.3 is 0 Å². The van der Waals surface area contributed by atoms with E-state index in [0.29, 0.717) is 5.16 Å². The Kier molecular flexibility index (Phi) is 3.79. The van der Waals surface area contributed by atoms with Crippen LogP contribution in [0.4, 0.5) is 0 Å². The Morgan fingerprint density at radius 1 is 1.25 bits per heavy atom. The molecule has 0 spiro atoms. The SMILES string of the molecule is CC(C)CCC(C1CC=CC1)C1(P)CC1C. The highest BCUT2D eigenvalue weighted by Crippen LogP contribution is 2.60. The first kappa shape index (κ1) is 12.6. The highest BCUT2D eigenvalue weighted by Gasteiger charge is 2.53. The summed E-state index contributed by atoms with van der Waals surface area (Å²) >= 11 is 0. The highest BCUT2D eigenvalue weighted by molar-refractivity contribution is 7.19. The zero-order valence-electron chi connectivity index (χ0n) is 11.1. The normalized spacial score (nSPS) is 35.9. The Balaban J connectivity index is 1.96. The van der Waals surface area contributed by atoms with Gasteiger partial charge in [-0.2, -0.15) is 0 Å². The van der Waals surface area contributed by atoms with Crippen LogP contribution in [0.25, 0.3) is 0 Å². The first-order valence-corrected chi connectivity index (χ1v) is 7.55. The predicted molar refractivity (Wildman–Crippen MR) is 75.6 cm³/mol. The van der Waals surface area contributed by atoms with Crippen LogP contribution in [0.2, 0.25) is 0 Å². The minimum Gasteiger partial charge on any atom is -0.131 e. The molecule has 0 N–H and O–H groups in total. The lowest BCUT2D eigenvalue weighted by atomic mass is 9.80. The Labute approximate surface area is 103 Å². The van der Waals surface area contributed by atoms with Gasteiger partial charge in [0.2, 0.25) is 0 Å². The largest absolute Gasteiger partial charge is 0.131 e. The van der Waals surface area contributed by atoms with E-state index in [0.717, 1.165) is 23.7 Å². The third kappa shape index (κ3) is 2.53. The molecule has 2 aliphatic rings. The van der Waals surface area contributed by atoms with Gasteiger partial charge in [-0.25, -0.2) is 0 Å². The maximum Gasteiger partial charge on any atom is -0.00904 e. The van der Waals surface area contributed by atoms with Crippen molar-refractivity contribution in [3.63, 3.8) is 0 Å². The van der Waals surface area contributed by atoms with Crippen molar-refractivity contribution in [3.8, 4) is 0 Å². The lowest BCUT2D eigenvalue weighted by Crippen LogP contribution is -2.25. The molecule has 92 valence electrons. The maximum absolute atomic E-state index is 3.21. The molecule has 0 nitrogen and oxygen atoms in total. The minimum atomic E-state index is 0.603. The van der Waals surface area contributed by atoms with E-state index in [-0.39, 0.29) is 0 Å². The van der Waals surface area contributed by atoms with Crippen molar-refractivity contribution in [2.24, 2.45) is 23.7 Å². The highest BCUT2D eigenvalue weighted by atomic mass is 31.0. The summed E-state index contributed by atoms with van der Waals surface area (Å²) in [5.41, 5.74) is 0. The fourth-order valence-corrected chi connectivity index (χ4v) is 4.20. The van der Waals surface area contributed by atoms with E-state index >= 15 is 0 Å². The summed E-state index contributed by atoms with van der Waals surface area (Å²) in [7, 11) is 3.21. The van der Waals surface area contributed by atoms with Gasteiger partial charge in [0.1, 0.15) is 0 Å². The van der Waals surface area contributed by atoms with Crippen molar-refractivity contribution in [2.75, 3.05) is 0 Å². The molecule has 4 atom stereocenters. The van der Waals surface area contributed by atoms with Crippen molar-refractivity contribution in [2.45, 2.75) is 58.0 Å². The van der Waals surface area contributed by atoms with Crippen LogP contribution in [-0.4, -0.2) is 5.16 Å². The number of hydrogen-bond donors (Lipinski definition) is 0.